The summed E-state index contributed by atoms with van der Waals surface area (Å²) in [5.74, 6) is 4.13. The van der Waals surface area contributed by atoms with Crippen LogP contribution in [0.3, 0.4) is 0 Å². The summed E-state index contributed by atoms with van der Waals surface area (Å²) < 4.78 is 2.47. The third kappa shape index (κ3) is 3.62. The number of rotatable bonds is 3. The zero-order valence-electron chi connectivity index (χ0n) is 14.6. The van der Waals surface area contributed by atoms with Crippen molar-refractivity contribution >= 4 is 0 Å². The van der Waals surface area contributed by atoms with Gasteiger partial charge in [-0.05, 0) is 51.0 Å². The van der Waals surface area contributed by atoms with Crippen molar-refractivity contribution in [1.82, 2.24) is 19.7 Å². The van der Waals surface area contributed by atoms with Crippen molar-refractivity contribution in [3.63, 3.8) is 0 Å². The van der Waals surface area contributed by atoms with Gasteiger partial charge in [-0.25, -0.2) is 0 Å². The van der Waals surface area contributed by atoms with E-state index in [9.17, 15) is 0 Å². The van der Waals surface area contributed by atoms with Gasteiger partial charge in [0.05, 0.1) is 0 Å². The largest absolute Gasteiger partial charge is 0.315 e. The van der Waals surface area contributed by atoms with E-state index in [-0.39, 0.29) is 0 Å². The minimum atomic E-state index is 0.617. The molecule has 128 valence electrons. The highest BCUT2D eigenvalue weighted by atomic mass is 15.3. The molecule has 0 radical (unpaired) electrons. The Kier molecular flexibility index (Phi) is 4.98. The fourth-order valence-corrected chi connectivity index (χ4v) is 4.98. The van der Waals surface area contributed by atoms with Crippen molar-refractivity contribution in [2.45, 2.75) is 83.1 Å². The molecule has 3 aliphatic rings. The van der Waals surface area contributed by atoms with Gasteiger partial charge in [-0.3, -0.25) is 0 Å². The van der Waals surface area contributed by atoms with Crippen molar-refractivity contribution in [3.05, 3.63) is 11.6 Å². The van der Waals surface area contributed by atoms with E-state index in [1.54, 1.807) is 0 Å². The maximum absolute atomic E-state index is 4.63. The first kappa shape index (κ1) is 15.6. The molecule has 3 heterocycles. The lowest BCUT2D eigenvalue weighted by Crippen LogP contribution is -2.39. The number of aromatic nitrogens is 3. The lowest BCUT2D eigenvalue weighted by molar-refractivity contribution is 0.157. The number of nitrogens with zero attached hydrogens (tertiary/aromatic N) is 4. The van der Waals surface area contributed by atoms with Crippen molar-refractivity contribution in [1.29, 1.82) is 0 Å². The standard InChI is InChI=1S/C19H32N4/c1-3-8-16(9-4-1)14-22-12-7-10-17(15-22)19-21-20-18-11-5-2-6-13-23(18)19/h16-17H,1-15H2. The molecule has 1 saturated heterocycles. The third-order valence-corrected chi connectivity index (χ3v) is 6.25. The molecular formula is C19H32N4. The molecule has 0 aromatic carbocycles. The fourth-order valence-electron chi connectivity index (χ4n) is 4.98. The number of hydrogen-bond acceptors (Lipinski definition) is 3. The van der Waals surface area contributed by atoms with Crippen LogP contribution in [0, 0.1) is 5.92 Å². The molecule has 1 aromatic heterocycles. The minimum Gasteiger partial charge on any atom is -0.315 e. The Morgan fingerprint density at radius 3 is 2.61 bits per heavy atom. The van der Waals surface area contributed by atoms with Crippen LogP contribution in [-0.4, -0.2) is 39.3 Å². The molecule has 1 saturated carbocycles. The normalized spacial score (nSPS) is 27.6. The van der Waals surface area contributed by atoms with Crippen LogP contribution < -0.4 is 0 Å². The Morgan fingerprint density at radius 2 is 1.70 bits per heavy atom. The van der Waals surface area contributed by atoms with Gasteiger partial charge in [-0.15, -0.1) is 10.2 Å². The van der Waals surface area contributed by atoms with Gasteiger partial charge < -0.3 is 9.47 Å². The number of aryl methyl sites for hydroxylation is 1. The second kappa shape index (κ2) is 7.33. The molecule has 1 aliphatic carbocycles. The first-order valence-corrected chi connectivity index (χ1v) is 10.0. The lowest BCUT2D eigenvalue weighted by Gasteiger charge is -2.35. The van der Waals surface area contributed by atoms with Crippen LogP contribution in [0.5, 0.6) is 0 Å². The van der Waals surface area contributed by atoms with Gasteiger partial charge in [0.25, 0.3) is 0 Å². The average Bonchev–Trinajstić information content (AvgIpc) is 2.85. The summed E-state index contributed by atoms with van der Waals surface area (Å²) in [7, 11) is 0. The van der Waals surface area contributed by atoms with E-state index in [0.717, 1.165) is 18.9 Å². The first-order valence-electron chi connectivity index (χ1n) is 10.0. The molecule has 0 bridgehead atoms. The van der Waals surface area contributed by atoms with Crippen LogP contribution in [0.4, 0.5) is 0 Å². The molecule has 0 amide bonds. The Bertz CT molecular complexity index is 503. The van der Waals surface area contributed by atoms with E-state index in [2.05, 4.69) is 19.7 Å². The molecule has 0 N–H and O–H groups in total. The number of fused-ring (bicyclic) bond motifs is 1. The predicted molar refractivity (Wildman–Crippen MR) is 92.6 cm³/mol. The predicted octanol–water partition coefficient (Wildman–Crippen LogP) is 3.76. The van der Waals surface area contributed by atoms with Crippen molar-refractivity contribution in [2.24, 2.45) is 5.92 Å². The topological polar surface area (TPSA) is 34.0 Å². The SMILES string of the molecule is C1CCC(CN2CCCC(c3nnc4n3CCCCC4)C2)CC1. The van der Waals surface area contributed by atoms with Gasteiger partial charge >= 0.3 is 0 Å². The number of piperidine rings is 1. The second-order valence-corrected chi connectivity index (χ2v) is 8.04. The first-order chi connectivity index (χ1) is 11.4. The van der Waals surface area contributed by atoms with Crippen LogP contribution >= 0.6 is 0 Å². The highest BCUT2D eigenvalue weighted by molar-refractivity contribution is 5.05. The molecule has 0 spiro atoms. The summed E-state index contributed by atoms with van der Waals surface area (Å²) in [6.07, 6.45) is 15.0. The van der Waals surface area contributed by atoms with E-state index in [4.69, 9.17) is 0 Å². The summed E-state index contributed by atoms with van der Waals surface area (Å²) in [5, 5.41) is 9.16. The van der Waals surface area contributed by atoms with Crippen LogP contribution in [0.15, 0.2) is 0 Å². The Hall–Kier alpha value is -0.900. The molecule has 23 heavy (non-hydrogen) atoms. The van der Waals surface area contributed by atoms with Gasteiger partial charge in [-0.1, -0.05) is 25.7 Å². The van der Waals surface area contributed by atoms with Crippen molar-refractivity contribution < 1.29 is 0 Å². The molecule has 4 rings (SSSR count). The van der Waals surface area contributed by atoms with Crippen molar-refractivity contribution in [2.75, 3.05) is 19.6 Å². The Labute approximate surface area is 140 Å². The zero-order valence-corrected chi connectivity index (χ0v) is 14.6. The summed E-state index contributed by atoms with van der Waals surface area (Å²) in [5.41, 5.74) is 0. The molecule has 2 fully saturated rings. The zero-order chi connectivity index (χ0) is 15.5. The maximum Gasteiger partial charge on any atom is 0.137 e. The van der Waals surface area contributed by atoms with E-state index < -0.39 is 0 Å². The molecule has 1 aromatic rings. The summed E-state index contributed by atoms with van der Waals surface area (Å²) >= 11 is 0. The Morgan fingerprint density at radius 1 is 0.826 bits per heavy atom. The van der Waals surface area contributed by atoms with Gasteiger partial charge in [0.1, 0.15) is 11.6 Å². The number of likely N-dealkylation sites (tertiary alicyclic amines) is 1. The lowest BCUT2D eigenvalue weighted by atomic mass is 9.88. The smallest absolute Gasteiger partial charge is 0.137 e. The Balaban J connectivity index is 1.42. The molecule has 4 nitrogen and oxygen atoms in total. The average molecular weight is 316 g/mol. The fraction of sp³-hybridized carbons (Fsp3) is 0.895. The van der Waals surface area contributed by atoms with E-state index >= 15 is 0 Å². The highest BCUT2D eigenvalue weighted by Gasteiger charge is 2.28. The third-order valence-electron chi connectivity index (χ3n) is 6.25. The maximum atomic E-state index is 4.63. The molecule has 4 heteroatoms. The monoisotopic (exact) mass is 316 g/mol. The quantitative estimate of drug-likeness (QED) is 0.851. The molecular weight excluding hydrogens is 284 g/mol. The van der Waals surface area contributed by atoms with Crippen LogP contribution in [-0.2, 0) is 13.0 Å². The van der Waals surface area contributed by atoms with E-state index in [0.29, 0.717) is 5.92 Å². The van der Waals surface area contributed by atoms with Crippen LogP contribution in [0.2, 0.25) is 0 Å². The molecule has 1 unspecified atom stereocenters. The van der Waals surface area contributed by atoms with Crippen LogP contribution in [0.25, 0.3) is 0 Å². The second-order valence-electron chi connectivity index (χ2n) is 8.04. The van der Waals surface area contributed by atoms with Gasteiger partial charge in [0.2, 0.25) is 0 Å². The summed E-state index contributed by atoms with van der Waals surface area (Å²) in [6, 6.07) is 0. The van der Waals surface area contributed by atoms with E-state index in [1.807, 2.05) is 0 Å². The van der Waals surface area contributed by atoms with Gasteiger partial charge in [-0.2, -0.15) is 0 Å². The molecule has 1 atom stereocenters. The van der Waals surface area contributed by atoms with Crippen molar-refractivity contribution in [3.8, 4) is 0 Å². The minimum absolute atomic E-state index is 0.617. The number of hydrogen-bond donors (Lipinski definition) is 0. The highest BCUT2D eigenvalue weighted by Crippen LogP contribution is 2.30. The van der Waals surface area contributed by atoms with Gasteiger partial charge in [0, 0.05) is 32.0 Å². The summed E-state index contributed by atoms with van der Waals surface area (Å²) in [6.45, 7) is 5.00. The molecule has 2 aliphatic heterocycles. The van der Waals surface area contributed by atoms with Gasteiger partial charge in [0.15, 0.2) is 0 Å². The summed E-state index contributed by atoms with van der Waals surface area (Å²) in [4.78, 5) is 2.74. The van der Waals surface area contributed by atoms with E-state index in [1.165, 1.54) is 95.5 Å². The van der Waals surface area contributed by atoms with Crippen LogP contribution in [0.1, 0.15) is 81.8 Å².